The van der Waals surface area contributed by atoms with Gasteiger partial charge in [-0.15, -0.1) is 5.10 Å². The quantitative estimate of drug-likeness (QED) is 0.885. The Labute approximate surface area is 116 Å². The largest absolute Gasteiger partial charge is 0.476 e. The number of nitrogens with zero attached hydrogens (tertiary/aromatic N) is 4. The maximum atomic E-state index is 12.1. The summed E-state index contributed by atoms with van der Waals surface area (Å²) in [5, 5.41) is 16.2. The Morgan fingerprint density at radius 3 is 2.60 bits per heavy atom. The van der Waals surface area contributed by atoms with Gasteiger partial charge >= 0.3 is 5.97 Å². The number of hydrogen-bond donors (Lipinski definition) is 1. The number of rotatable bonds is 4. The van der Waals surface area contributed by atoms with E-state index < -0.39 is 5.97 Å². The highest BCUT2D eigenvalue weighted by Crippen LogP contribution is 2.30. The molecule has 0 unspecified atom stereocenters. The number of carbonyl (C=O) groups excluding carboxylic acids is 1. The molecule has 0 atom stereocenters. The summed E-state index contributed by atoms with van der Waals surface area (Å²) in [7, 11) is 0. The number of hydrogen-bond acceptors (Lipinski definition) is 4. The van der Waals surface area contributed by atoms with Crippen LogP contribution in [0.2, 0.25) is 0 Å². The summed E-state index contributed by atoms with van der Waals surface area (Å²) in [4.78, 5) is 24.6. The summed E-state index contributed by atoms with van der Waals surface area (Å²) in [6.45, 7) is 1.21. The van der Waals surface area contributed by atoms with Gasteiger partial charge in [0.15, 0.2) is 5.69 Å². The fraction of sp³-hybridized carbons (Fsp3) is 0.692. The minimum absolute atomic E-state index is 0.0549. The summed E-state index contributed by atoms with van der Waals surface area (Å²) in [5.41, 5.74) is -0.0549. The molecule has 7 heteroatoms. The average molecular weight is 278 g/mol. The van der Waals surface area contributed by atoms with E-state index in [1.165, 1.54) is 31.9 Å². The summed E-state index contributed by atoms with van der Waals surface area (Å²) in [5.74, 6) is -0.303. The zero-order valence-corrected chi connectivity index (χ0v) is 11.2. The molecule has 2 fully saturated rings. The van der Waals surface area contributed by atoms with Crippen molar-refractivity contribution in [2.45, 2.75) is 38.1 Å². The molecule has 7 nitrogen and oxygen atoms in total. The summed E-state index contributed by atoms with van der Waals surface area (Å²) >= 11 is 0. The van der Waals surface area contributed by atoms with Crippen molar-refractivity contribution >= 4 is 11.9 Å². The molecule has 3 rings (SSSR count). The van der Waals surface area contributed by atoms with Gasteiger partial charge in [0.05, 0.1) is 12.2 Å². The van der Waals surface area contributed by atoms with Gasteiger partial charge in [-0.2, -0.15) is 0 Å². The van der Waals surface area contributed by atoms with Crippen LogP contribution >= 0.6 is 0 Å². The Hall–Kier alpha value is -1.92. The second-order valence-corrected chi connectivity index (χ2v) is 5.70. The zero-order chi connectivity index (χ0) is 14.1. The van der Waals surface area contributed by atoms with Gasteiger partial charge < -0.3 is 10.0 Å². The van der Waals surface area contributed by atoms with Crippen LogP contribution in [0.4, 0.5) is 0 Å². The van der Waals surface area contributed by atoms with E-state index >= 15 is 0 Å². The first-order valence-electron chi connectivity index (χ1n) is 7.06. The molecule has 0 aromatic carbocycles. The van der Waals surface area contributed by atoms with Gasteiger partial charge in [0, 0.05) is 19.5 Å². The minimum atomic E-state index is -1.08. The molecule has 1 aromatic heterocycles. The Morgan fingerprint density at radius 1 is 1.30 bits per heavy atom. The normalized spacial score (nSPS) is 20.1. The number of carbonyl (C=O) groups is 2. The van der Waals surface area contributed by atoms with E-state index in [4.69, 9.17) is 5.11 Å². The van der Waals surface area contributed by atoms with Crippen molar-refractivity contribution in [1.82, 2.24) is 19.9 Å². The zero-order valence-electron chi connectivity index (χ0n) is 11.2. The molecule has 0 radical (unpaired) electrons. The molecular weight excluding hydrogens is 260 g/mol. The molecule has 1 aliphatic heterocycles. The molecule has 20 heavy (non-hydrogen) atoms. The van der Waals surface area contributed by atoms with Gasteiger partial charge in [-0.3, -0.25) is 4.79 Å². The van der Waals surface area contributed by atoms with Crippen molar-refractivity contribution in [1.29, 1.82) is 0 Å². The van der Waals surface area contributed by atoms with E-state index in [1.54, 1.807) is 4.68 Å². The molecule has 1 aromatic rings. The van der Waals surface area contributed by atoms with Crippen LogP contribution in [0.1, 0.15) is 48.6 Å². The van der Waals surface area contributed by atoms with Gasteiger partial charge in [0.2, 0.25) is 5.91 Å². The third-order valence-corrected chi connectivity index (χ3v) is 4.26. The molecule has 108 valence electrons. The fourth-order valence-corrected chi connectivity index (χ4v) is 2.97. The van der Waals surface area contributed by atoms with Crippen molar-refractivity contribution < 1.29 is 14.7 Å². The lowest BCUT2D eigenvalue weighted by molar-refractivity contribution is -0.138. The topological polar surface area (TPSA) is 88.3 Å². The maximum Gasteiger partial charge on any atom is 0.358 e. The number of carboxylic acids is 1. The SMILES string of the molecule is O=C(O)c1cn(C2CN(C(=O)CC3CCCC3)C2)nn1. The van der Waals surface area contributed by atoms with Gasteiger partial charge in [-0.25, -0.2) is 9.48 Å². The van der Waals surface area contributed by atoms with Crippen LogP contribution in [0.15, 0.2) is 6.20 Å². The van der Waals surface area contributed by atoms with Crippen LogP contribution in [0.5, 0.6) is 0 Å². The minimum Gasteiger partial charge on any atom is -0.476 e. The molecule has 1 amide bonds. The van der Waals surface area contributed by atoms with Crippen LogP contribution in [-0.4, -0.2) is 50.0 Å². The highest BCUT2D eigenvalue weighted by Gasteiger charge is 2.34. The molecule has 0 bridgehead atoms. The van der Waals surface area contributed by atoms with Crippen molar-refractivity contribution in [2.75, 3.05) is 13.1 Å². The Kier molecular flexibility index (Phi) is 3.42. The lowest BCUT2D eigenvalue weighted by Gasteiger charge is -2.39. The molecule has 2 aliphatic rings. The number of amides is 1. The highest BCUT2D eigenvalue weighted by molar-refractivity contribution is 5.84. The Balaban J connectivity index is 1.49. The van der Waals surface area contributed by atoms with Crippen LogP contribution in [0.25, 0.3) is 0 Å². The number of carboxylic acid groups (broad SMARTS) is 1. The fourth-order valence-electron chi connectivity index (χ4n) is 2.97. The average Bonchev–Trinajstić information content (AvgIpc) is 2.97. The summed E-state index contributed by atoms with van der Waals surface area (Å²) in [6, 6.07) is 0.0585. The van der Waals surface area contributed by atoms with Gasteiger partial charge in [-0.05, 0) is 18.8 Å². The van der Waals surface area contributed by atoms with Gasteiger partial charge in [-0.1, -0.05) is 18.1 Å². The van der Waals surface area contributed by atoms with Crippen LogP contribution in [0.3, 0.4) is 0 Å². The van der Waals surface area contributed by atoms with Crippen LogP contribution < -0.4 is 0 Å². The molecule has 1 aliphatic carbocycles. The molecule has 2 heterocycles. The van der Waals surface area contributed by atoms with E-state index in [2.05, 4.69) is 10.3 Å². The predicted octanol–water partition coefficient (Wildman–Crippen LogP) is 0.940. The lowest BCUT2D eigenvalue weighted by atomic mass is 10.0. The standard InChI is InChI=1S/C13H18N4O3/c18-12(5-9-3-1-2-4-9)16-6-10(7-16)17-8-11(13(19)20)14-15-17/h8-10H,1-7H2,(H,19,20). The Bertz CT molecular complexity index is 515. The van der Waals surface area contributed by atoms with E-state index in [-0.39, 0.29) is 17.6 Å². The van der Waals surface area contributed by atoms with Crippen molar-refractivity contribution in [3.05, 3.63) is 11.9 Å². The number of aromatic carboxylic acids is 1. The van der Waals surface area contributed by atoms with Crippen molar-refractivity contribution in [3.63, 3.8) is 0 Å². The molecule has 0 spiro atoms. The smallest absolute Gasteiger partial charge is 0.358 e. The third kappa shape index (κ3) is 2.52. The van der Waals surface area contributed by atoms with E-state index in [0.717, 1.165) is 0 Å². The predicted molar refractivity (Wildman–Crippen MR) is 69.2 cm³/mol. The maximum absolute atomic E-state index is 12.1. The van der Waals surface area contributed by atoms with E-state index in [9.17, 15) is 9.59 Å². The van der Waals surface area contributed by atoms with E-state index in [1.807, 2.05) is 4.90 Å². The second kappa shape index (κ2) is 5.22. The second-order valence-electron chi connectivity index (χ2n) is 5.70. The van der Waals surface area contributed by atoms with E-state index in [0.29, 0.717) is 25.4 Å². The molecule has 1 saturated carbocycles. The van der Waals surface area contributed by atoms with Gasteiger partial charge in [0.25, 0.3) is 0 Å². The van der Waals surface area contributed by atoms with Crippen LogP contribution in [-0.2, 0) is 4.79 Å². The molecular formula is C13H18N4O3. The molecule has 1 saturated heterocycles. The highest BCUT2D eigenvalue weighted by atomic mass is 16.4. The first-order valence-corrected chi connectivity index (χ1v) is 7.06. The van der Waals surface area contributed by atoms with Crippen molar-refractivity contribution in [2.24, 2.45) is 5.92 Å². The third-order valence-electron chi connectivity index (χ3n) is 4.26. The van der Waals surface area contributed by atoms with Crippen LogP contribution in [0, 0.1) is 5.92 Å². The monoisotopic (exact) mass is 278 g/mol. The first kappa shape index (κ1) is 13.1. The Morgan fingerprint density at radius 2 is 2.00 bits per heavy atom. The lowest BCUT2D eigenvalue weighted by Crippen LogP contribution is -2.51. The first-order chi connectivity index (χ1) is 9.63. The van der Waals surface area contributed by atoms with Crippen molar-refractivity contribution in [3.8, 4) is 0 Å². The number of aromatic nitrogens is 3. The summed E-state index contributed by atoms with van der Waals surface area (Å²) < 4.78 is 1.54. The summed E-state index contributed by atoms with van der Waals surface area (Å²) in [6.07, 6.45) is 6.92. The van der Waals surface area contributed by atoms with Gasteiger partial charge in [0.1, 0.15) is 0 Å². The number of likely N-dealkylation sites (tertiary alicyclic amines) is 1. The molecule has 1 N–H and O–H groups in total.